The second-order valence-electron chi connectivity index (χ2n) is 9.80. The summed E-state index contributed by atoms with van der Waals surface area (Å²) in [4.78, 5) is 5.53. The number of fused-ring (bicyclic) bond motifs is 1. The summed E-state index contributed by atoms with van der Waals surface area (Å²) in [7, 11) is 2.45. The van der Waals surface area contributed by atoms with Crippen molar-refractivity contribution in [3.63, 3.8) is 0 Å². The molecule has 0 unspecified atom stereocenters. The molecule has 198 valence electrons. The van der Waals surface area contributed by atoms with E-state index in [9.17, 15) is 8.42 Å². The van der Waals surface area contributed by atoms with Gasteiger partial charge < -0.3 is 9.80 Å². The number of rotatable bonds is 13. The van der Waals surface area contributed by atoms with Gasteiger partial charge in [0.25, 0.3) is 0 Å². The zero-order valence-electron chi connectivity index (χ0n) is 22.6. The average molecular weight is 533 g/mol. The molecule has 0 saturated carbocycles. The molecule has 0 aliphatic rings. The Bertz CT molecular complexity index is 1260. The Hall–Kier alpha value is -2.27. The van der Waals surface area contributed by atoms with Crippen LogP contribution in [0.1, 0.15) is 49.7 Å². The van der Waals surface area contributed by atoms with Gasteiger partial charge in [-0.15, -0.1) is 11.3 Å². The number of benzene rings is 1. The molecular weight excluding hydrogens is 492 g/mol. The van der Waals surface area contributed by atoms with Crippen molar-refractivity contribution < 1.29 is 8.42 Å². The summed E-state index contributed by atoms with van der Waals surface area (Å²) in [5, 5.41) is 9.52. The lowest BCUT2D eigenvalue weighted by molar-refractivity contribution is 0.326. The standard InChI is InChI=1S/C26H40N6O2S2/c1-8-9-13-32(19(2)3)36(33,34)29-21-10-11-26-25(16-21)24(20(4)35-26)12-14-31(7)18-22-15-23(30(5)6)17-27-28-22/h10-11,15-17,19,29H,8-9,12-14,18H2,1-7H3. The van der Waals surface area contributed by atoms with Crippen LogP contribution in [0, 0.1) is 6.92 Å². The van der Waals surface area contributed by atoms with Crippen molar-refractivity contribution in [1.29, 1.82) is 0 Å². The Labute approximate surface area is 220 Å². The number of aryl methyl sites for hydroxylation is 1. The Kier molecular flexibility index (Phi) is 9.68. The van der Waals surface area contributed by atoms with Crippen LogP contribution in [-0.4, -0.2) is 68.1 Å². The molecule has 36 heavy (non-hydrogen) atoms. The molecule has 0 bridgehead atoms. The molecule has 0 spiro atoms. The highest BCUT2D eigenvalue weighted by atomic mass is 32.2. The van der Waals surface area contributed by atoms with E-state index in [-0.39, 0.29) is 6.04 Å². The van der Waals surface area contributed by atoms with Gasteiger partial charge in [0.2, 0.25) is 0 Å². The van der Waals surface area contributed by atoms with Crippen molar-refractivity contribution >= 4 is 43.0 Å². The summed E-state index contributed by atoms with van der Waals surface area (Å²) in [6, 6.07) is 7.83. The lowest BCUT2D eigenvalue weighted by atomic mass is 10.1. The third-order valence-electron chi connectivity index (χ3n) is 6.24. The van der Waals surface area contributed by atoms with Crippen LogP contribution in [0.4, 0.5) is 11.4 Å². The van der Waals surface area contributed by atoms with E-state index in [0.29, 0.717) is 18.8 Å². The van der Waals surface area contributed by atoms with Gasteiger partial charge in [-0.2, -0.15) is 22.9 Å². The molecule has 3 rings (SSSR count). The molecule has 0 atom stereocenters. The third kappa shape index (κ3) is 7.15. The highest BCUT2D eigenvalue weighted by Crippen LogP contribution is 2.33. The van der Waals surface area contributed by atoms with Gasteiger partial charge >= 0.3 is 10.2 Å². The lowest BCUT2D eigenvalue weighted by Crippen LogP contribution is -2.41. The van der Waals surface area contributed by atoms with Crippen LogP contribution in [0.5, 0.6) is 0 Å². The van der Waals surface area contributed by atoms with Gasteiger partial charge in [-0.05, 0) is 75.9 Å². The molecule has 0 radical (unpaired) electrons. The van der Waals surface area contributed by atoms with Crippen molar-refractivity contribution in [2.24, 2.45) is 0 Å². The first kappa shape index (κ1) is 28.3. The predicted molar refractivity (Wildman–Crippen MR) is 152 cm³/mol. The van der Waals surface area contributed by atoms with E-state index in [2.05, 4.69) is 46.8 Å². The smallest absolute Gasteiger partial charge is 0.301 e. The molecule has 3 aromatic rings. The SMILES string of the molecule is CCCCN(C(C)C)S(=O)(=O)Nc1ccc2sc(C)c(CCN(C)Cc3cc(N(C)C)cnn3)c2c1. The summed E-state index contributed by atoms with van der Waals surface area (Å²) in [5.74, 6) is 0. The van der Waals surface area contributed by atoms with Crippen molar-refractivity contribution in [3.8, 4) is 0 Å². The molecule has 8 nitrogen and oxygen atoms in total. The maximum Gasteiger partial charge on any atom is 0.301 e. The van der Waals surface area contributed by atoms with Gasteiger partial charge in [0.1, 0.15) is 0 Å². The molecular formula is C26H40N6O2S2. The maximum atomic E-state index is 13.1. The van der Waals surface area contributed by atoms with Gasteiger partial charge in [-0.25, -0.2) is 0 Å². The number of nitrogens with zero attached hydrogens (tertiary/aromatic N) is 5. The molecule has 0 aliphatic carbocycles. The third-order valence-corrected chi connectivity index (χ3v) is 9.08. The first-order chi connectivity index (χ1) is 17.0. The minimum absolute atomic E-state index is 0.101. The molecule has 0 amide bonds. The summed E-state index contributed by atoms with van der Waals surface area (Å²) in [6.07, 6.45) is 4.42. The highest BCUT2D eigenvalue weighted by molar-refractivity contribution is 7.90. The second kappa shape index (κ2) is 12.3. The second-order valence-corrected chi connectivity index (χ2v) is 12.7. The van der Waals surface area contributed by atoms with E-state index >= 15 is 0 Å². The van der Waals surface area contributed by atoms with Crippen molar-refractivity contribution in [1.82, 2.24) is 19.4 Å². The van der Waals surface area contributed by atoms with Crippen LogP contribution >= 0.6 is 11.3 Å². The van der Waals surface area contributed by atoms with E-state index in [1.165, 1.54) is 15.1 Å². The minimum atomic E-state index is -3.63. The van der Waals surface area contributed by atoms with Gasteiger partial charge in [0.05, 0.1) is 23.3 Å². The molecule has 0 fully saturated rings. The summed E-state index contributed by atoms with van der Waals surface area (Å²) in [5.41, 5.74) is 3.84. The van der Waals surface area contributed by atoms with Gasteiger partial charge in [0, 0.05) is 49.3 Å². The molecule has 2 heterocycles. The van der Waals surface area contributed by atoms with Crippen LogP contribution in [0.2, 0.25) is 0 Å². The molecule has 2 aromatic heterocycles. The summed E-state index contributed by atoms with van der Waals surface area (Å²) >= 11 is 1.75. The zero-order valence-corrected chi connectivity index (χ0v) is 24.2. The van der Waals surface area contributed by atoms with Gasteiger partial charge in [-0.1, -0.05) is 13.3 Å². The van der Waals surface area contributed by atoms with E-state index in [4.69, 9.17) is 0 Å². The Morgan fingerprint density at radius 2 is 1.86 bits per heavy atom. The van der Waals surface area contributed by atoms with E-state index in [1.54, 1.807) is 21.8 Å². The number of anilines is 2. The van der Waals surface area contributed by atoms with E-state index < -0.39 is 10.2 Å². The molecule has 0 saturated heterocycles. The predicted octanol–water partition coefficient (Wildman–Crippen LogP) is 4.91. The van der Waals surface area contributed by atoms with Crippen LogP contribution in [0.15, 0.2) is 30.5 Å². The number of unbranched alkanes of at least 4 members (excludes halogenated alkanes) is 1. The normalized spacial score (nSPS) is 12.3. The maximum absolute atomic E-state index is 13.1. The highest BCUT2D eigenvalue weighted by Gasteiger charge is 2.24. The topological polar surface area (TPSA) is 81.7 Å². The fraction of sp³-hybridized carbons (Fsp3) is 0.538. The first-order valence-electron chi connectivity index (χ1n) is 12.5. The quantitative estimate of drug-likeness (QED) is 0.337. The molecule has 1 N–H and O–H groups in total. The fourth-order valence-corrected chi connectivity index (χ4v) is 6.76. The first-order valence-corrected chi connectivity index (χ1v) is 14.8. The van der Waals surface area contributed by atoms with Gasteiger partial charge in [-0.3, -0.25) is 4.72 Å². The number of thiophene rings is 1. The number of hydrogen-bond donors (Lipinski definition) is 1. The molecule has 1 aromatic carbocycles. The zero-order chi connectivity index (χ0) is 26.5. The summed E-state index contributed by atoms with van der Waals surface area (Å²) in [6.45, 7) is 10.1. The Balaban J connectivity index is 1.75. The molecule has 0 aliphatic heterocycles. The van der Waals surface area contributed by atoms with Gasteiger partial charge in [0.15, 0.2) is 0 Å². The number of nitrogens with one attached hydrogen (secondary N) is 1. The summed E-state index contributed by atoms with van der Waals surface area (Å²) < 4.78 is 31.8. The average Bonchev–Trinajstić information content (AvgIpc) is 3.11. The lowest BCUT2D eigenvalue weighted by Gasteiger charge is -2.26. The monoisotopic (exact) mass is 532 g/mol. The van der Waals surface area contributed by atoms with Crippen molar-refractivity contribution in [2.75, 3.05) is 43.9 Å². The van der Waals surface area contributed by atoms with Crippen molar-refractivity contribution in [2.45, 2.75) is 59.5 Å². The van der Waals surface area contributed by atoms with E-state index in [0.717, 1.165) is 42.6 Å². The number of hydrogen-bond acceptors (Lipinski definition) is 7. The Morgan fingerprint density at radius 1 is 1.11 bits per heavy atom. The Morgan fingerprint density at radius 3 is 2.53 bits per heavy atom. The van der Waals surface area contributed by atoms with Crippen molar-refractivity contribution in [3.05, 3.63) is 46.6 Å². The largest absolute Gasteiger partial charge is 0.376 e. The van der Waals surface area contributed by atoms with E-state index in [1.807, 2.05) is 51.0 Å². The minimum Gasteiger partial charge on any atom is -0.376 e. The van der Waals surface area contributed by atoms with Crippen LogP contribution in [0.3, 0.4) is 0 Å². The molecule has 10 heteroatoms. The fourth-order valence-electron chi connectivity index (χ4n) is 4.20. The van der Waals surface area contributed by atoms with Crippen LogP contribution in [0.25, 0.3) is 10.1 Å². The van der Waals surface area contributed by atoms with Crippen LogP contribution in [-0.2, 0) is 23.2 Å². The number of likely N-dealkylation sites (N-methyl/N-ethyl adjacent to an activating group) is 1. The van der Waals surface area contributed by atoms with Crippen LogP contribution < -0.4 is 9.62 Å². The number of aromatic nitrogens is 2.